The minimum Gasteiger partial charge on any atom is -0.309 e. The third-order valence-corrected chi connectivity index (χ3v) is 15.7. The molecule has 0 atom stereocenters. The van der Waals surface area contributed by atoms with Crippen molar-refractivity contribution in [3.05, 3.63) is 234 Å². The summed E-state index contributed by atoms with van der Waals surface area (Å²) in [4.78, 5) is 0. The third-order valence-electron chi connectivity index (χ3n) is 15.7. The van der Waals surface area contributed by atoms with Gasteiger partial charge in [-0.1, -0.05) is 180 Å². The number of nitriles is 1. The monoisotopic (exact) mass is 868 g/mol. The maximum atomic E-state index is 10.3. The predicted octanol–water partition coefficient (Wildman–Crippen LogP) is 17.4. The number of nitrogens with zero attached hydrogens (tertiary/aromatic N) is 2. The number of aromatic nitrogens is 1. The van der Waals surface area contributed by atoms with Crippen LogP contribution < -0.4 is 0 Å². The Labute approximate surface area is 397 Å². The Bertz CT molecular complexity index is 4070. The summed E-state index contributed by atoms with van der Waals surface area (Å²) in [5.74, 6) is 0. The van der Waals surface area contributed by atoms with Crippen LogP contribution in [0, 0.1) is 11.3 Å². The summed E-state index contributed by atoms with van der Waals surface area (Å²) in [6.45, 7) is 14.0. The number of fused-ring (bicyclic) bond motifs is 6. The van der Waals surface area contributed by atoms with Crippen LogP contribution in [0.5, 0.6) is 0 Å². The lowest BCUT2D eigenvalue weighted by Gasteiger charge is -2.29. The van der Waals surface area contributed by atoms with Gasteiger partial charge >= 0.3 is 0 Å². The van der Waals surface area contributed by atoms with E-state index in [2.05, 4.69) is 233 Å². The van der Waals surface area contributed by atoms with Gasteiger partial charge in [-0.3, -0.25) is 0 Å². The van der Waals surface area contributed by atoms with Crippen molar-refractivity contribution in [1.82, 2.24) is 4.57 Å². The van der Waals surface area contributed by atoms with E-state index in [0.717, 1.165) is 45.1 Å². The molecule has 1 aromatic heterocycles. The Hall–Kier alpha value is -8.25. The standard InChI is InChI=1S/C66H48N2/c1-40-16-8-6-9-17-41-24-25-43(37-57(41)65(40,2)3)62-52-22-13-12-21-51(52)61(44-27-29-50-49-20-14-15-23-56(49)66(4,5)58(50)38-44)54-30-26-42(36-55(54)62)47-33-35-60-64-53(47)32-31-48-45(39-67)28-34-59(63(48)64)68(60)46-18-10-7-11-19-46/h6-16,18-38H,1,17H2,2-5H3/b9-6-,16-8-. The fourth-order valence-electron chi connectivity index (χ4n) is 12.1. The molecule has 0 saturated carbocycles. The normalized spacial score (nSPS) is 15.8. The van der Waals surface area contributed by atoms with Crippen LogP contribution in [0.1, 0.15) is 55.5 Å². The minimum absolute atomic E-state index is 0.132. The zero-order chi connectivity index (χ0) is 46.1. The van der Waals surface area contributed by atoms with Crippen LogP contribution in [-0.2, 0) is 17.3 Å². The van der Waals surface area contributed by atoms with Gasteiger partial charge in [0.25, 0.3) is 0 Å². The van der Waals surface area contributed by atoms with Crippen LogP contribution in [0.25, 0.3) is 104 Å². The highest BCUT2D eigenvalue weighted by molar-refractivity contribution is 6.28. The lowest BCUT2D eigenvalue weighted by Crippen LogP contribution is -2.20. The maximum Gasteiger partial charge on any atom is 0.0998 e. The molecule has 68 heavy (non-hydrogen) atoms. The Balaban J connectivity index is 1.11. The highest BCUT2D eigenvalue weighted by Crippen LogP contribution is 2.52. The molecule has 0 amide bonds. The van der Waals surface area contributed by atoms with Gasteiger partial charge in [-0.05, 0) is 154 Å². The molecular formula is C66H48N2. The van der Waals surface area contributed by atoms with Gasteiger partial charge in [-0.15, -0.1) is 0 Å². The van der Waals surface area contributed by atoms with E-state index in [9.17, 15) is 5.26 Å². The first kappa shape index (κ1) is 40.1. The molecule has 0 spiro atoms. The summed E-state index contributed by atoms with van der Waals surface area (Å²) < 4.78 is 2.35. The lowest BCUT2D eigenvalue weighted by atomic mass is 9.74. The molecule has 0 N–H and O–H groups in total. The number of allylic oxidation sites excluding steroid dienone is 5. The van der Waals surface area contributed by atoms with E-state index in [-0.39, 0.29) is 10.8 Å². The van der Waals surface area contributed by atoms with E-state index in [1.54, 1.807) is 0 Å². The first-order chi connectivity index (χ1) is 33.1. The van der Waals surface area contributed by atoms with Gasteiger partial charge in [0, 0.05) is 32.7 Å². The second-order valence-corrected chi connectivity index (χ2v) is 20.0. The van der Waals surface area contributed by atoms with Crippen LogP contribution in [0.2, 0.25) is 0 Å². The zero-order valence-corrected chi connectivity index (χ0v) is 38.8. The molecule has 2 aliphatic rings. The molecular weight excluding hydrogens is 821 g/mol. The topological polar surface area (TPSA) is 28.7 Å². The minimum atomic E-state index is -0.285. The Morgan fingerprint density at radius 1 is 0.485 bits per heavy atom. The van der Waals surface area contributed by atoms with Gasteiger partial charge in [0.1, 0.15) is 0 Å². The average molecular weight is 869 g/mol. The first-order valence-electron chi connectivity index (χ1n) is 23.8. The third kappa shape index (κ3) is 5.63. The van der Waals surface area contributed by atoms with E-state index in [1.807, 2.05) is 6.07 Å². The predicted molar refractivity (Wildman–Crippen MR) is 287 cm³/mol. The van der Waals surface area contributed by atoms with Crippen LogP contribution >= 0.6 is 0 Å². The van der Waals surface area contributed by atoms with E-state index in [0.29, 0.717) is 5.56 Å². The van der Waals surface area contributed by atoms with Crippen LogP contribution in [0.3, 0.4) is 0 Å². The Kier molecular flexibility index (Phi) is 8.62. The van der Waals surface area contributed by atoms with Crippen LogP contribution in [0.4, 0.5) is 0 Å². The van der Waals surface area contributed by atoms with Crippen molar-refractivity contribution < 1.29 is 0 Å². The summed E-state index contributed by atoms with van der Waals surface area (Å²) in [5.41, 5.74) is 20.0. The zero-order valence-electron chi connectivity index (χ0n) is 38.8. The average Bonchev–Trinajstić information content (AvgIpc) is 3.84. The quantitative estimate of drug-likeness (QED) is 0.128. The van der Waals surface area contributed by atoms with Crippen molar-refractivity contribution in [2.24, 2.45) is 0 Å². The lowest BCUT2D eigenvalue weighted by molar-refractivity contribution is 0.635. The van der Waals surface area contributed by atoms with Gasteiger partial charge in [0.15, 0.2) is 0 Å². The van der Waals surface area contributed by atoms with Gasteiger partial charge in [0.05, 0.1) is 22.7 Å². The molecule has 322 valence electrons. The van der Waals surface area contributed by atoms with E-state index in [1.165, 1.54) is 93.5 Å². The first-order valence-corrected chi connectivity index (χ1v) is 23.8. The fraction of sp³-hybridized carbons (Fsp3) is 0.106. The van der Waals surface area contributed by atoms with Gasteiger partial charge in [0.2, 0.25) is 0 Å². The number of rotatable bonds is 4. The van der Waals surface area contributed by atoms with Crippen molar-refractivity contribution in [1.29, 1.82) is 5.26 Å². The second-order valence-electron chi connectivity index (χ2n) is 20.0. The summed E-state index contributed by atoms with van der Waals surface area (Å²) in [6.07, 6.45) is 9.55. The molecule has 1 heterocycles. The van der Waals surface area contributed by atoms with Crippen molar-refractivity contribution in [3.63, 3.8) is 0 Å². The summed E-state index contributed by atoms with van der Waals surface area (Å²) in [5, 5.41) is 19.7. The largest absolute Gasteiger partial charge is 0.309 e. The molecule has 10 aromatic carbocycles. The molecule has 13 rings (SSSR count). The Morgan fingerprint density at radius 2 is 1.09 bits per heavy atom. The number of hydrogen-bond donors (Lipinski definition) is 0. The maximum absolute atomic E-state index is 10.3. The summed E-state index contributed by atoms with van der Waals surface area (Å²) in [6, 6.07) is 65.7. The van der Waals surface area contributed by atoms with E-state index < -0.39 is 0 Å². The molecule has 0 bridgehead atoms. The van der Waals surface area contributed by atoms with Gasteiger partial charge < -0.3 is 4.57 Å². The molecule has 11 aromatic rings. The van der Waals surface area contributed by atoms with E-state index >= 15 is 0 Å². The van der Waals surface area contributed by atoms with Crippen molar-refractivity contribution >= 4 is 54.1 Å². The molecule has 0 aliphatic heterocycles. The fourth-order valence-corrected chi connectivity index (χ4v) is 12.1. The molecule has 0 fully saturated rings. The summed E-state index contributed by atoms with van der Waals surface area (Å²) >= 11 is 0. The van der Waals surface area contributed by atoms with E-state index in [4.69, 9.17) is 0 Å². The molecule has 2 nitrogen and oxygen atoms in total. The van der Waals surface area contributed by atoms with Crippen LogP contribution in [-0.4, -0.2) is 4.57 Å². The molecule has 0 unspecified atom stereocenters. The summed E-state index contributed by atoms with van der Waals surface area (Å²) in [7, 11) is 0. The van der Waals surface area contributed by atoms with Gasteiger partial charge in [-0.2, -0.15) is 5.26 Å². The van der Waals surface area contributed by atoms with Crippen molar-refractivity contribution in [2.75, 3.05) is 0 Å². The van der Waals surface area contributed by atoms with Crippen molar-refractivity contribution in [2.45, 2.75) is 44.9 Å². The Morgan fingerprint density at radius 3 is 1.88 bits per heavy atom. The number of hydrogen-bond acceptors (Lipinski definition) is 1. The highest BCUT2D eigenvalue weighted by atomic mass is 15.0. The highest BCUT2D eigenvalue weighted by Gasteiger charge is 2.36. The SMILES string of the molecule is C=C1/C=C\C=C/Cc2ccc(-c3c4ccccc4c(-c4ccc5c(c4)C(C)(C)c4ccccc4-5)c4ccc(-c5ccc6c7c5ccc5c(C#N)ccc(c57)n6-c5ccccc5)cc34)cc2C1(C)C. The molecule has 0 radical (unpaired) electrons. The molecule has 2 heteroatoms. The second kappa shape index (κ2) is 14.6. The number of para-hydroxylation sites is 1. The van der Waals surface area contributed by atoms with Crippen molar-refractivity contribution in [3.8, 4) is 56.3 Å². The van der Waals surface area contributed by atoms with Crippen LogP contribution in [0.15, 0.2) is 206 Å². The molecule has 0 saturated heterocycles. The van der Waals surface area contributed by atoms with Gasteiger partial charge in [-0.25, -0.2) is 0 Å². The smallest absolute Gasteiger partial charge is 0.0998 e. The number of benzene rings is 10. The molecule has 2 aliphatic carbocycles.